The molecule has 1 N–H and O–H groups in total. The maximum absolute atomic E-state index is 5.21. The summed E-state index contributed by atoms with van der Waals surface area (Å²) in [5.74, 6) is 0. The Kier molecular flexibility index (Phi) is 5.15. The Balaban J connectivity index is 2.64. The van der Waals surface area contributed by atoms with Gasteiger partial charge in [-0.1, -0.05) is 35.0 Å². The van der Waals surface area contributed by atoms with E-state index in [2.05, 4.69) is 40.5 Å². The van der Waals surface area contributed by atoms with E-state index in [1.54, 1.807) is 0 Å². The van der Waals surface area contributed by atoms with Crippen molar-refractivity contribution in [1.29, 1.82) is 0 Å². The number of hydrogen-bond acceptors (Lipinski definition) is 2. The second-order valence-corrected chi connectivity index (χ2v) is 3.98. The van der Waals surface area contributed by atoms with E-state index in [0.29, 0.717) is 6.61 Å². The highest BCUT2D eigenvalue weighted by Gasteiger charge is 2.07. The molecule has 0 radical (unpaired) electrons. The molecule has 0 bridgehead atoms. The quantitative estimate of drug-likeness (QED) is 0.817. The molecule has 1 aromatic rings. The lowest BCUT2D eigenvalue weighted by Gasteiger charge is -2.16. The summed E-state index contributed by atoms with van der Waals surface area (Å²) < 4.78 is 1.10. The van der Waals surface area contributed by atoms with Gasteiger partial charge in [-0.25, -0.2) is 0 Å². The van der Waals surface area contributed by atoms with Crippen LogP contribution >= 0.6 is 15.9 Å². The van der Waals surface area contributed by atoms with Gasteiger partial charge in [-0.15, -0.1) is 0 Å². The van der Waals surface area contributed by atoms with E-state index in [1.807, 2.05) is 19.1 Å². The number of benzene rings is 1. The molecule has 0 saturated carbocycles. The predicted molar refractivity (Wildman–Crippen MR) is 61.9 cm³/mol. The Bertz CT molecular complexity index is 260. The molecule has 1 aromatic carbocycles. The van der Waals surface area contributed by atoms with Crippen LogP contribution in [0.1, 0.15) is 31.9 Å². The second-order valence-electron chi connectivity index (χ2n) is 3.06. The molecule has 1 rings (SSSR count). The number of nitrogens with one attached hydrogen (secondary N) is 1. The number of rotatable bonds is 5. The van der Waals surface area contributed by atoms with Gasteiger partial charge in [0, 0.05) is 4.47 Å². The van der Waals surface area contributed by atoms with E-state index in [9.17, 15) is 0 Å². The second kappa shape index (κ2) is 6.17. The lowest BCUT2D eigenvalue weighted by atomic mass is 10.1. The molecular weight excluding hydrogens is 242 g/mol. The average Bonchev–Trinajstić information content (AvgIpc) is 2.21. The molecule has 78 valence electrons. The molecule has 0 spiro atoms. The predicted octanol–water partition coefficient (Wildman–Crippen LogP) is 3.44. The first-order valence-corrected chi connectivity index (χ1v) is 5.70. The van der Waals surface area contributed by atoms with Gasteiger partial charge in [0.25, 0.3) is 0 Å². The van der Waals surface area contributed by atoms with Gasteiger partial charge >= 0.3 is 0 Å². The SMILES string of the molecule is CCONC(CC)c1ccc(Br)cc1. The average molecular weight is 258 g/mol. The number of hydrogen-bond donors (Lipinski definition) is 1. The van der Waals surface area contributed by atoms with Gasteiger partial charge < -0.3 is 4.84 Å². The fraction of sp³-hybridized carbons (Fsp3) is 0.455. The number of hydroxylamine groups is 1. The zero-order valence-electron chi connectivity index (χ0n) is 8.59. The molecule has 0 heterocycles. The molecule has 0 saturated heterocycles. The van der Waals surface area contributed by atoms with Crippen LogP contribution in [0.3, 0.4) is 0 Å². The van der Waals surface area contributed by atoms with Crippen molar-refractivity contribution in [1.82, 2.24) is 5.48 Å². The van der Waals surface area contributed by atoms with Crippen molar-refractivity contribution < 1.29 is 4.84 Å². The summed E-state index contributed by atoms with van der Waals surface area (Å²) in [6.45, 7) is 4.80. The van der Waals surface area contributed by atoms with Crippen molar-refractivity contribution in [3.8, 4) is 0 Å². The fourth-order valence-electron chi connectivity index (χ4n) is 1.27. The Morgan fingerprint density at radius 1 is 1.29 bits per heavy atom. The lowest BCUT2D eigenvalue weighted by molar-refractivity contribution is 0.0230. The third-order valence-corrected chi connectivity index (χ3v) is 2.58. The van der Waals surface area contributed by atoms with E-state index in [4.69, 9.17) is 4.84 Å². The first-order valence-electron chi connectivity index (χ1n) is 4.90. The van der Waals surface area contributed by atoms with Crippen molar-refractivity contribution in [2.45, 2.75) is 26.3 Å². The smallest absolute Gasteiger partial charge is 0.0654 e. The van der Waals surface area contributed by atoms with Gasteiger partial charge in [-0.05, 0) is 31.0 Å². The van der Waals surface area contributed by atoms with E-state index in [0.717, 1.165) is 10.9 Å². The van der Waals surface area contributed by atoms with Gasteiger partial charge in [0.15, 0.2) is 0 Å². The van der Waals surface area contributed by atoms with Crippen molar-refractivity contribution in [3.05, 3.63) is 34.3 Å². The van der Waals surface area contributed by atoms with Gasteiger partial charge in [-0.3, -0.25) is 0 Å². The van der Waals surface area contributed by atoms with Crippen molar-refractivity contribution >= 4 is 15.9 Å². The van der Waals surface area contributed by atoms with E-state index in [1.165, 1.54) is 5.56 Å². The lowest BCUT2D eigenvalue weighted by Crippen LogP contribution is -2.20. The van der Waals surface area contributed by atoms with Gasteiger partial charge in [-0.2, -0.15) is 5.48 Å². The standard InChI is InChI=1S/C11H16BrNO/c1-3-11(13-14-4-2)9-5-7-10(12)8-6-9/h5-8,11,13H,3-4H2,1-2H3. The van der Waals surface area contributed by atoms with E-state index >= 15 is 0 Å². The molecule has 2 nitrogen and oxygen atoms in total. The first kappa shape index (κ1) is 11.7. The summed E-state index contributed by atoms with van der Waals surface area (Å²) in [6.07, 6.45) is 1.02. The normalized spacial score (nSPS) is 12.8. The molecule has 0 aliphatic carbocycles. The maximum Gasteiger partial charge on any atom is 0.0654 e. The summed E-state index contributed by atoms with van der Waals surface area (Å²) >= 11 is 3.42. The van der Waals surface area contributed by atoms with Crippen LogP contribution in [-0.4, -0.2) is 6.61 Å². The molecule has 0 aliphatic heterocycles. The topological polar surface area (TPSA) is 21.3 Å². The van der Waals surface area contributed by atoms with Crippen molar-refractivity contribution in [2.24, 2.45) is 0 Å². The van der Waals surface area contributed by atoms with Gasteiger partial charge in [0.1, 0.15) is 0 Å². The van der Waals surface area contributed by atoms with Crippen molar-refractivity contribution in [3.63, 3.8) is 0 Å². The summed E-state index contributed by atoms with van der Waals surface area (Å²) in [5, 5.41) is 0. The van der Waals surface area contributed by atoms with Gasteiger partial charge in [0.05, 0.1) is 12.6 Å². The van der Waals surface area contributed by atoms with Crippen molar-refractivity contribution in [2.75, 3.05) is 6.61 Å². The minimum Gasteiger partial charge on any atom is -0.302 e. The monoisotopic (exact) mass is 257 g/mol. The molecule has 3 heteroatoms. The molecule has 0 aliphatic rings. The summed E-state index contributed by atoms with van der Waals surface area (Å²) in [5.41, 5.74) is 4.29. The Hall–Kier alpha value is -0.380. The largest absolute Gasteiger partial charge is 0.302 e. The van der Waals surface area contributed by atoms with E-state index < -0.39 is 0 Å². The van der Waals surface area contributed by atoms with Crippen LogP contribution in [0.15, 0.2) is 28.7 Å². The Morgan fingerprint density at radius 2 is 1.93 bits per heavy atom. The van der Waals surface area contributed by atoms with Gasteiger partial charge in [0.2, 0.25) is 0 Å². The van der Waals surface area contributed by atoms with Crippen LogP contribution in [0.4, 0.5) is 0 Å². The fourth-order valence-corrected chi connectivity index (χ4v) is 1.53. The van der Waals surface area contributed by atoms with E-state index in [-0.39, 0.29) is 6.04 Å². The highest BCUT2D eigenvalue weighted by Crippen LogP contribution is 2.19. The zero-order chi connectivity index (χ0) is 10.4. The third kappa shape index (κ3) is 3.40. The highest BCUT2D eigenvalue weighted by atomic mass is 79.9. The first-order chi connectivity index (χ1) is 6.77. The highest BCUT2D eigenvalue weighted by molar-refractivity contribution is 9.10. The van der Waals surface area contributed by atoms with Crippen LogP contribution in [-0.2, 0) is 4.84 Å². The molecule has 0 amide bonds. The summed E-state index contributed by atoms with van der Waals surface area (Å²) in [7, 11) is 0. The molecule has 0 fully saturated rings. The van der Waals surface area contributed by atoms with Crippen LogP contribution in [0.25, 0.3) is 0 Å². The van der Waals surface area contributed by atoms with Crippen LogP contribution in [0.2, 0.25) is 0 Å². The molecule has 1 unspecified atom stereocenters. The molecule has 1 atom stereocenters. The minimum absolute atomic E-state index is 0.281. The summed E-state index contributed by atoms with van der Waals surface area (Å²) in [4.78, 5) is 5.21. The zero-order valence-corrected chi connectivity index (χ0v) is 10.2. The third-order valence-electron chi connectivity index (χ3n) is 2.05. The number of halogens is 1. The minimum atomic E-state index is 0.281. The van der Waals surface area contributed by atoms with Crippen LogP contribution in [0, 0.1) is 0 Å². The molecule has 0 aromatic heterocycles. The summed E-state index contributed by atoms with van der Waals surface area (Å²) in [6, 6.07) is 8.58. The Labute approximate surface area is 93.7 Å². The maximum atomic E-state index is 5.21. The van der Waals surface area contributed by atoms with Crippen LogP contribution < -0.4 is 5.48 Å². The Morgan fingerprint density at radius 3 is 2.43 bits per heavy atom. The molecular formula is C11H16BrNO. The van der Waals surface area contributed by atoms with Crippen LogP contribution in [0.5, 0.6) is 0 Å². The molecule has 14 heavy (non-hydrogen) atoms.